The van der Waals surface area contributed by atoms with Crippen molar-refractivity contribution in [2.75, 3.05) is 12.4 Å². The Bertz CT molecular complexity index is 894. The van der Waals surface area contributed by atoms with Crippen molar-refractivity contribution in [1.82, 2.24) is 20.4 Å². The summed E-state index contributed by atoms with van der Waals surface area (Å²) in [5.74, 6) is 1.28. The maximum Gasteiger partial charge on any atom is 0.226 e. The number of hydrogen-bond donors (Lipinski definition) is 3. The first kappa shape index (κ1) is 14.5. The Morgan fingerprint density at radius 2 is 2.00 bits per heavy atom. The third-order valence-electron chi connectivity index (χ3n) is 4.41. The minimum Gasteiger partial charge on any atom is -0.497 e. The molecule has 1 aromatic carbocycles. The van der Waals surface area contributed by atoms with Crippen LogP contribution in [0.4, 0.5) is 5.82 Å². The molecule has 7 heteroatoms. The summed E-state index contributed by atoms with van der Waals surface area (Å²) in [7, 11) is 1.64. The highest BCUT2D eigenvalue weighted by molar-refractivity contribution is 5.94. The van der Waals surface area contributed by atoms with Crippen LogP contribution in [0.15, 0.2) is 30.5 Å². The second-order valence-electron chi connectivity index (χ2n) is 5.84. The van der Waals surface area contributed by atoms with E-state index in [0.717, 1.165) is 33.8 Å². The maximum absolute atomic E-state index is 12.1. The van der Waals surface area contributed by atoms with Crippen LogP contribution in [0.3, 0.4) is 0 Å². The molecule has 0 spiro atoms. The van der Waals surface area contributed by atoms with Gasteiger partial charge in [0.25, 0.3) is 0 Å². The molecule has 2 aromatic heterocycles. The van der Waals surface area contributed by atoms with Gasteiger partial charge in [-0.05, 0) is 31.2 Å². The van der Waals surface area contributed by atoms with Gasteiger partial charge in [0.15, 0.2) is 5.82 Å². The molecule has 3 N–H and O–H groups in total. The van der Waals surface area contributed by atoms with Gasteiger partial charge < -0.3 is 10.1 Å². The molecule has 0 radical (unpaired) electrons. The van der Waals surface area contributed by atoms with Crippen molar-refractivity contribution in [3.8, 4) is 17.0 Å². The number of hydrogen-bond acceptors (Lipinski definition) is 4. The SMILES string of the molecule is COc1ccc(-c2[nH]ncc2[C@@H]2CC(=O)Nc3n[nH]c(C)c32)cc1. The molecule has 24 heavy (non-hydrogen) atoms. The van der Waals surface area contributed by atoms with Gasteiger partial charge in [0, 0.05) is 34.7 Å². The third kappa shape index (κ3) is 2.25. The van der Waals surface area contributed by atoms with E-state index in [1.54, 1.807) is 13.3 Å². The van der Waals surface area contributed by atoms with Crippen LogP contribution in [0.25, 0.3) is 11.3 Å². The Balaban J connectivity index is 1.80. The molecule has 0 aliphatic carbocycles. The lowest BCUT2D eigenvalue weighted by Gasteiger charge is -2.22. The Morgan fingerprint density at radius 1 is 1.21 bits per heavy atom. The minimum atomic E-state index is -0.0802. The molecule has 1 amide bonds. The van der Waals surface area contributed by atoms with Gasteiger partial charge in [0.1, 0.15) is 5.75 Å². The molecule has 4 rings (SSSR count). The first-order valence-corrected chi connectivity index (χ1v) is 7.69. The van der Waals surface area contributed by atoms with E-state index in [0.29, 0.717) is 12.2 Å². The highest BCUT2D eigenvalue weighted by Gasteiger charge is 2.32. The molecule has 0 fully saturated rings. The molecule has 3 aromatic rings. The lowest BCUT2D eigenvalue weighted by Crippen LogP contribution is -2.23. The van der Waals surface area contributed by atoms with E-state index >= 15 is 0 Å². The van der Waals surface area contributed by atoms with Crippen molar-refractivity contribution < 1.29 is 9.53 Å². The number of rotatable bonds is 3. The second kappa shape index (κ2) is 5.52. The quantitative estimate of drug-likeness (QED) is 0.690. The van der Waals surface area contributed by atoms with Crippen LogP contribution in [0, 0.1) is 6.92 Å². The van der Waals surface area contributed by atoms with Crippen molar-refractivity contribution in [2.24, 2.45) is 0 Å². The number of benzene rings is 1. The van der Waals surface area contributed by atoms with Crippen LogP contribution in [0.2, 0.25) is 0 Å². The normalized spacial score (nSPS) is 16.6. The average molecular weight is 323 g/mol. The number of H-pyrrole nitrogens is 2. The van der Waals surface area contributed by atoms with Crippen molar-refractivity contribution >= 4 is 11.7 Å². The van der Waals surface area contributed by atoms with E-state index in [2.05, 4.69) is 25.7 Å². The number of aromatic amines is 2. The number of anilines is 1. The number of nitrogens with one attached hydrogen (secondary N) is 3. The zero-order valence-electron chi connectivity index (χ0n) is 13.4. The number of fused-ring (bicyclic) bond motifs is 1. The van der Waals surface area contributed by atoms with Gasteiger partial charge in [-0.25, -0.2) is 0 Å². The Labute approximate surface area is 138 Å². The van der Waals surface area contributed by atoms with Crippen LogP contribution in [-0.4, -0.2) is 33.4 Å². The van der Waals surface area contributed by atoms with E-state index < -0.39 is 0 Å². The highest BCUT2D eigenvalue weighted by Crippen LogP contribution is 2.41. The molecule has 7 nitrogen and oxygen atoms in total. The third-order valence-corrected chi connectivity index (χ3v) is 4.41. The predicted octanol–water partition coefficient (Wildman–Crippen LogP) is 2.59. The fourth-order valence-electron chi connectivity index (χ4n) is 3.24. The fourth-order valence-corrected chi connectivity index (χ4v) is 3.24. The van der Waals surface area contributed by atoms with Crippen molar-refractivity contribution in [2.45, 2.75) is 19.3 Å². The lowest BCUT2D eigenvalue weighted by molar-refractivity contribution is -0.116. The molecular formula is C17H17N5O2. The summed E-state index contributed by atoms with van der Waals surface area (Å²) in [6.07, 6.45) is 2.16. The first-order valence-electron chi connectivity index (χ1n) is 7.69. The second-order valence-corrected chi connectivity index (χ2v) is 5.84. The number of carbonyl (C=O) groups excluding carboxylic acids is 1. The van der Waals surface area contributed by atoms with Gasteiger partial charge in [-0.15, -0.1) is 0 Å². The number of nitrogens with zero attached hydrogens (tertiary/aromatic N) is 2. The largest absolute Gasteiger partial charge is 0.497 e. The summed E-state index contributed by atoms with van der Waals surface area (Å²) in [5.41, 5.74) is 4.87. The molecule has 1 atom stereocenters. The number of amides is 1. The zero-order valence-corrected chi connectivity index (χ0v) is 13.4. The number of aryl methyl sites for hydroxylation is 1. The maximum atomic E-state index is 12.1. The van der Waals surface area contributed by atoms with Gasteiger partial charge in [-0.3, -0.25) is 15.0 Å². The monoisotopic (exact) mass is 323 g/mol. The summed E-state index contributed by atoms with van der Waals surface area (Å²) in [4.78, 5) is 12.1. The van der Waals surface area contributed by atoms with E-state index in [9.17, 15) is 4.79 Å². The number of carbonyl (C=O) groups is 1. The topological polar surface area (TPSA) is 95.7 Å². The summed E-state index contributed by atoms with van der Waals surface area (Å²) in [6.45, 7) is 1.96. The lowest BCUT2D eigenvalue weighted by atomic mass is 9.85. The van der Waals surface area contributed by atoms with Crippen LogP contribution in [0.1, 0.15) is 29.2 Å². The Morgan fingerprint density at radius 3 is 2.75 bits per heavy atom. The summed E-state index contributed by atoms with van der Waals surface area (Å²) in [5, 5.41) is 17.2. The van der Waals surface area contributed by atoms with E-state index in [1.165, 1.54) is 0 Å². The summed E-state index contributed by atoms with van der Waals surface area (Å²) in [6, 6.07) is 7.76. The number of ether oxygens (including phenoxy) is 1. The molecule has 0 unspecified atom stereocenters. The van der Waals surface area contributed by atoms with E-state index in [-0.39, 0.29) is 11.8 Å². The van der Waals surface area contributed by atoms with E-state index in [1.807, 2.05) is 31.2 Å². The Hall–Kier alpha value is -3.09. The molecular weight excluding hydrogens is 306 g/mol. The summed E-state index contributed by atoms with van der Waals surface area (Å²) < 4.78 is 5.21. The standard InChI is InChI=1S/C17H17N5O2/c1-9-15-12(7-14(23)19-17(15)22-20-9)13-8-18-21-16(13)10-3-5-11(24-2)6-4-10/h3-6,8,12H,7H2,1-2H3,(H,18,21)(H2,19,20,22,23)/t12-/m0/s1. The van der Waals surface area contributed by atoms with E-state index in [4.69, 9.17) is 4.74 Å². The zero-order chi connectivity index (χ0) is 16.7. The van der Waals surface area contributed by atoms with Gasteiger partial charge in [-0.2, -0.15) is 10.2 Å². The summed E-state index contributed by atoms with van der Waals surface area (Å²) >= 11 is 0. The highest BCUT2D eigenvalue weighted by atomic mass is 16.5. The number of aromatic nitrogens is 4. The first-order chi connectivity index (χ1) is 11.7. The predicted molar refractivity (Wildman–Crippen MR) is 89.0 cm³/mol. The molecule has 0 saturated heterocycles. The molecule has 1 aliphatic rings. The average Bonchev–Trinajstić information content (AvgIpc) is 3.21. The molecule has 0 bridgehead atoms. The van der Waals surface area contributed by atoms with Gasteiger partial charge in [-0.1, -0.05) is 0 Å². The van der Waals surface area contributed by atoms with Crippen LogP contribution in [0.5, 0.6) is 5.75 Å². The molecule has 3 heterocycles. The smallest absolute Gasteiger partial charge is 0.226 e. The fraction of sp³-hybridized carbons (Fsp3) is 0.235. The van der Waals surface area contributed by atoms with Crippen molar-refractivity contribution in [3.63, 3.8) is 0 Å². The van der Waals surface area contributed by atoms with Gasteiger partial charge in [0.2, 0.25) is 5.91 Å². The van der Waals surface area contributed by atoms with Gasteiger partial charge >= 0.3 is 0 Å². The van der Waals surface area contributed by atoms with Crippen LogP contribution < -0.4 is 10.1 Å². The van der Waals surface area contributed by atoms with Crippen LogP contribution >= 0.6 is 0 Å². The van der Waals surface area contributed by atoms with Crippen molar-refractivity contribution in [1.29, 1.82) is 0 Å². The molecule has 1 aliphatic heterocycles. The Kier molecular flexibility index (Phi) is 3.34. The van der Waals surface area contributed by atoms with Crippen molar-refractivity contribution in [3.05, 3.63) is 47.3 Å². The minimum absolute atomic E-state index is 0.0409. The molecule has 122 valence electrons. The molecule has 0 saturated carbocycles. The number of methoxy groups -OCH3 is 1. The van der Waals surface area contributed by atoms with Crippen LogP contribution in [-0.2, 0) is 4.79 Å². The van der Waals surface area contributed by atoms with Gasteiger partial charge in [0.05, 0.1) is 19.0 Å².